The Morgan fingerprint density at radius 3 is 2.64 bits per heavy atom. The first kappa shape index (κ1) is 14.8. The molecule has 0 fully saturated rings. The van der Waals surface area contributed by atoms with E-state index >= 15 is 0 Å². The Labute approximate surface area is 135 Å². The van der Waals surface area contributed by atoms with E-state index in [9.17, 15) is 4.79 Å². The molecule has 3 rings (SSSR count). The van der Waals surface area contributed by atoms with Gasteiger partial charge < -0.3 is 4.90 Å². The summed E-state index contributed by atoms with van der Waals surface area (Å²) in [5.74, 6) is 0.152. The molecule has 1 aromatic carbocycles. The quantitative estimate of drug-likeness (QED) is 0.867. The summed E-state index contributed by atoms with van der Waals surface area (Å²) in [6.07, 6.45) is 5.17. The van der Waals surface area contributed by atoms with Crippen molar-refractivity contribution in [2.45, 2.75) is 12.8 Å². The SMILES string of the molecule is O=C(Cc1ccc(Cl)cc1)N1CC=C(c2ccccn2)CC1. The number of benzene rings is 1. The van der Waals surface area contributed by atoms with Crippen LogP contribution in [-0.2, 0) is 11.2 Å². The van der Waals surface area contributed by atoms with Crippen LogP contribution in [0.1, 0.15) is 17.7 Å². The maximum absolute atomic E-state index is 12.3. The summed E-state index contributed by atoms with van der Waals surface area (Å²) >= 11 is 5.86. The number of hydrogen-bond donors (Lipinski definition) is 0. The highest BCUT2D eigenvalue weighted by Crippen LogP contribution is 2.21. The Balaban J connectivity index is 1.62. The molecule has 112 valence electrons. The van der Waals surface area contributed by atoms with Crippen LogP contribution < -0.4 is 0 Å². The van der Waals surface area contributed by atoms with E-state index in [1.165, 1.54) is 5.57 Å². The number of pyridine rings is 1. The monoisotopic (exact) mass is 312 g/mol. The van der Waals surface area contributed by atoms with Crippen LogP contribution in [0.3, 0.4) is 0 Å². The van der Waals surface area contributed by atoms with Gasteiger partial charge in [0.05, 0.1) is 12.1 Å². The summed E-state index contributed by atoms with van der Waals surface area (Å²) in [6.45, 7) is 1.40. The standard InChI is InChI=1S/C18H17ClN2O/c19-16-6-4-14(5-7-16)13-18(22)21-11-8-15(9-12-21)17-3-1-2-10-20-17/h1-8,10H,9,11-13H2. The lowest BCUT2D eigenvalue weighted by Gasteiger charge is -2.26. The summed E-state index contributed by atoms with van der Waals surface area (Å²) < 4.78 is 0. The minimum atomic E-state index is 0.152. The summed E-state index contributed by atoms with van der Waals surface area (Å²) in [5.41, 5.74) is 3.22. The fourth-order valence-electron chi connectivity index (χ4n) is 2.57. The molecule has 0 atom stereocenters. The van der Waals surface area contributed by atoms with Crippen LogP contribution in [0.25, 0.3) is 5.57 Å². The van der Waals surface area contributed by atoms with Crippen molar-refractivity contribution < 1.29 is 4.79 Å². The van der Waals surface area contributed by atoms with Gasteiger partial charge in [0, 0.05) is 24.3 Å². The number of amides is 1. The second kappa shape index (κ2) is 6.75. The first-order chi connectivity index (χ1) is 10.7. The van der Waals surface area contributed by atoms with Crippen molar-refractivity contribution in [1.29, 1.82) is 0 Å². The largest absolute Gasteiger partial charge is 0.338 e. The molecule has 0 spiro atoms. The smallest absolute Gasteiger partial charge is 0.227 e. The van der Waals surface area contributed by atoms with Gasteiger partial charge in [0.2, 0.25) is 5.91 Å². The second-order valence-electron chi connectivity index (χ2n) is 5.34. The highest BCUT2D eigenvalue weighted by molar-refractivity contribution is 6.30. The van der Waals surface area contributed by atoms with Gasteiger partial charge in [-0.1, -0.05) is 35.9 Å². The van der Waals surface area contributed by atoms with Crippen molar-refractivity contribution in [3.05, 3.63) is 71.0 Å². The van der Waals surface area contributed by atoms with Crippen molar-refractivity contribution in [1.82, 2.24) is 9.88 Å². The van der Waals surface area contributed by atoms with Gasteiger partial charge in [0.25, 0.3) is 0 Å². The number of rotatable bonds is 3. The number of halogens is 1. The van der Waals surface area contributed by atoms with Crippen LogP contribution in [0.5, 0.6) is 0 Å². The molecule has 2 aromatic rings. The van der Waals surface area contributed by atoms with Crippen LogP contribution in [0.2, 0.25) is 5.02 Å². The predicted octanol–water partition coefficient (Wildman–Crippen LogP) is 3.59. The van der Waals surface area contributed by atoms with Crippen LogP contribution in [0.15, 0.2) is 54.7 Å². The maximum Gasteiger partial charge on any atom is 0.227 e. The normalized spacial score (nSPS) is 14.6. The minimum Gasteiger partial charge on any atom is -0.338 e. The third kappa shape index (κ3) is 3.55. The summed E-state index contributed by atoms with van der Waals surface area (Å²) in [5, 5.41) is 0.692. The van der Waals surface area contributed by atoms with Crippen molar-refractivity contribution in [2.24, 2.45) is 0 Å². The van der Waals surface area contributed by atoms with E-state index in [0.717, 1.165) is 24.2 Å². The topological polar surface area (TPSA) is 33.2 Å². The maximum atomic E-state index is 12.3. The lowest BCUT2D eigenvalue weighted by Crippen LogP contribution is -2.35. The number of hydrogen-bond acceptors (Lipinski definition) is 2. The molecule has 0 aliphatic carbocycles. The zero-order valence-corrected chi connectivity index (χ0v) is 13.0. The number of carbonyl (C=O) groups excluding carboxylic acids is 1. The molecule has 22 heavy (non-hydrogen) atoms. The van der Waals surface area contributed by atoms with Crippen molar-refractivity contribution >= 4 is 23.1 Å². The van der Waals surface area contributed by atoms with Crippen LogP contribution >= 0.6 is 11.6 Å². The van der Waals surface area contributed by atoms with E-state index in [1.807, 2.05) is 47.4 Å². The molecular formula is C18H17ClN2O. The first-order valence-corrected chi connectivity index (χ1v) is 7.73. The molecule has 1 aromatic heterocycles. The van der Waals surface area contributed by atoms with Crippen molar-refractivity contribution in [3.63, 3.8) is 0 Å². The Morgan fingerprint density at radius 2 is 2.00 bits per heavy atom. The van der Waals surface area contributed by atoms with Crippen LogP contribution in [0.4, 0.5) is 0 Å². The van der Waals surface area contributed by atoms with Gasteiger partial charge in [-0.3, -0.25) is 9.78 Å². The Kier molecular flexibility index (Phi) is 4.54. The molecule has 0 saturated heterocycles. The van der Waals surface area contributed by atoms with Gasteiger partial charge in [-0.05, 0) is 41.8 Å². The first-order valence-electron chi connectivity index (χ1n) is 7.35. The number of nitrogens with zero attached hydrogens (tertiary/aromatic N) is 2. The minimum absolute atomic E-state index is 0.152. The molecule has 1 aliphatic heterocycles. The fraction of sp³-hybridized carbons (Fsp3) is 0.222. The van der Waals surface area contributed by atoms with Crippen LogP contribution in [-0.4, -0.2) is 28.9 Å². The van der Waals surface area contributed by atoms with Crippen molar-refractivity contribution in [3.8, 4) is 0 Å². The third-order valence-corrected chi connectivity index (χ3v) is 4.08. The van der Waals surface area contributed by atoms with Gasteiger partial charge in [0.1, 0.15) is 0 Å². The Bertz CT molecular complexity index is 680. The molecule has 0 saturated carbocycles. The van der Waals surface area contributed by atoms with Gasteiger partial charge in [0.15, 0.2) is 0 Å². The van der Waals surface area contributed by atoms with E-state index < -0.39 is 0 Å². The Hall–Kier alpha value is -2.13. The summed E-state index contributed by atoms with van der Waals surface area (Å²) in [7, 11) is 0. The van der Waals surface area contributed by atoms with E-state index in [4.69, 9.17) is 11.6 Å². The molecule has 0 bridgehead atoms. The van der Waals surface area contributed by atoms with E-state index in [-0.39, 0.29) is 5.91 Å². The molecule has 3 nitrogen and oxygen atoms in total. The molecule has 0 radical (unpaired) electrons. The average Bonchev–Trinajstić information content (AvgIpc) is 2.58. The average molecular weight is 313 g/mol. The second-order valence-corrected chi connectivity index (χ2v) is 5.77. The van der Waals surface area contributed by atoms with Gasteiger partial charge >= 0.3 is 0 Å². The number of carbonyl (C=O) groups is 1. The molecular weight excluding hydrogens is 296 g/mol. The Morgan fingerprint density at radius 1 is 1.18 bits per heavy atom. The van der Waals surface area contributed by atoms with Crippen molar-refractivity contribution in [2.75, 3.05) is 13.1 Å². The fourth-order valence-corrected chi connectivity index (χ4v) is 2.70. The van der Waals surface area contributed by atoms with Gasteiger partial charge in [-0.15, -0.1) is 0 Å². The summed E-state index contributed by atoms with van der Waals surface area (Å²) in [6, 6.07) is 13.4. The molecule has 1 aliphatic rings. The highest BCUT2D eigenvalue weighted by atomic mass is 35.5. The summed E-state index contributed by atoms with van der Waals surface area (Å²) in [4.78, 5) is 18.6. The number of aromatic nitrogens is 1. The predicted molar refractivity (Wildman–Crippen MR) is 88.6 cm³/mol. The molecule has 0 unspecified atom stereocenters. The molecule has 0 N–H and O–H groups in total. The highest BCUT2D eigenvalue weighted by Gasteiger charge is 2.18. The van der Waals surface area contributed by atoms with Gasteiger partial charge in [-0.2, -0.15) is 0 Å². The van der Waals surface area contributed by atoms with E-state index in [0.29, 0.717) is 18.0 Å². The van der Waals surface area contributed by atoms with Gasteiger partial charge in [-0.25, -0.2) is 0 Å². The zero-order chi connectivity index (χ0) is 15.4. The third-order valence-electron chi connectivity index (χ3n) is 3.82. The zero-order valence-electron chi connectivity index (χ0n) is 12.2. The molecule has 4 heteroatoms. The van der Waals surface area contributed by atoms with E-state index in [1.54, 1.807) is 6.20 Å². The molecule has 2 heterocycles. The lowest BCUT2D eigenvalue weighted by atomic mass is 10.0. The lowest BCUT2D eigenvalue weighted by molar-refractivity contribution is -0.130. The van der Waals surface area contributed by atoms with E-state index in [2.05, 4.69) is 11.1 Å². The molecule has 1 amide bonds. The van der Waals surface area contributed by atoms with Crippen LogP contribution in [0, 0.1) is 0 Å².